The molecule has 0 bridgehead atoms. The summed E-state index contributed by atoms with van der Waals surface area (Å²) in [6.07, 6.45) is 6.12. The first-order chi connectivity index (χ1) is 13.2. The molecule has 1 aromatic rings. The van der Waals surface area contributed by atoms with Crippen LogP contribution in [0.1, 0.15) is 38.4 Å². The van der Waals surface area contributed by atoms with Gasteiger partial charge in [-0.3, -0.25) is 9.79 Å². The predicted molar refractivity (Wildman–Crippen MR) is 107 cm³/mol. The van der Waals surface area contributed by atoms with Crippen LogP contribution in [0.25, 0.3) is 0 Å². The van der Waals surface area contributed by atoms with E-state index in [1.165, 1.54) is 0 Å². The molecule has 1 aliphatic rings. The Kier molecular flexibility index (Phi) is 9.76. The number of likely N-dealkylation sites (tertiary alicyclic amines) is 1. The Morgan fingerprint density at radius 1 is 1.41 bits per heavy atom. The summed E-state index contributed by atoms with van der Waals surface area (Å²) in [5.41, 5.74) is 0. The molecule has 0 aromatic carbocycles. The molecular weight excluding hydrogens is 344 g/mol. The van der Waals surface area contributed by atoms with Crippen molar-refractivity contribution in [3.05, 3.63) is 24.2 Å². The smallest absolute Gasteiger partial charge is 0.220 e. The molecule has 7 nitrogen and oxygen atoms in total. The highest BCUT2D eigenvalue weighted by Gasteiger charge is 2.23. The zero-order chi connectivity index (χ0) is 19.3. The van der Waals surface area contributed by atoms with Gasteiger partial charge in [-0.1, -0.05) is 0 Å². The number of guanidine groups is 1. The number of nitrogens with one attached hydrogen (secondary N) is 2. The molecule has 2 heterocycles. The van der Waals surface area contributed by atoms with Crippen LogP contribution in [0.4, 0.5) is 0 Å². The minimum absolute atomic E-state index is 0.134. The van der Waals surface area contributed by atoms with E-state index in [2.05, 4.69) is 15.5 Å². The van der Waals surface area contributed by atoms with Gasteiger partial charge in [0.05, 0.1) is 6.26 Å². The van der Waals surface area contributed by atoms with Crippen LogP contribution in [0.3, 0.4) is 0 Å². The van der Waals surface area contributed by atoms with Crippen LogP contribution in [-0.4, -0.2) is 63.2 Å². The molecule has 2 N–H and O–H groups in total. The first kappa shape index (κ1) is 21.3. The Labute approximate surface area is 162 Å². The molecule has 27 heavy (non-hydrogen) atoms. The lowest BCUT2D eigenvalue weighted by molar-refractivity contribution is -0.121. The Bertz CT molecular complexity index is 552. The Morgan fingerprint density at radius 2 is 2.22 bits per heavy atom. The van der Waals surface area contributed by atoms with Gasteiger partial charge in [0.15, 0.2) is 5.96 Å². The number of hydrogen-bond acceptors (Lipinski definition) is 4. The first-order valence-electron chi connectivity index (χ1n) is 10.1. The molecule has 0 radical (unpaired) electrons. The van der Waals surface area contributed by atoms with Crippen LogP contribution in [-0.2, 0) is 16.0 Å². The summed E-state index contributed by atoms with van der Waals surface area (Å²) in [5.74, 6) is 2.53. The molecular formula is C20H34N4O3. The molecule has 0 atom stereocenters. The minimum atomic E-state index is 0.134. The number of aliphatic imine (C=N–C) groups is 1. The molecule has 1 saturated heterocycles. The van der Waals surface area contributed by atoms with Gasteiger partial charge in [0.25, 0.3) is 0 Å². The number of carbonyl (C=O) groups is 1. The number of hydrogen-bond donors (Lipinski definition) is 2. The van der Waals surface area contributed by atoms with Crippen LogP contribution < -0.4 is 10.6 Å². The largest absolute Gasteiger partial charge is 0.469 e. The van der Waals surface area contributed by atoms with E-state index in [4.69, 9.17) is 14.1 Å². The maximum absolute atomic E-state index is 11.6. The van der Waals surface area contributed by atoms with Crippen molar-refractivity contribution in [1.29, 1.82) is 0 Å². The molecule has 152 valence electrons. The van der Waals surface area contributed by atoms with E-state index in [0.717, 1.165) is 76.8 Å². The second-order valence-corrected chi connectivity index (χ2v) is 6.82. The summed E-state index contributed by atoms with van der Waals surface area (Å²) < 4.78 is 10.8. The Morgan fingerprint density at radius 3 is 2.89 bits per heavy atom. The molecule has 1 aliphatic heterocycles. The van der Waals surface area contributed by atoms with Crippen molar-refractivity contribution in [2.24, 2.45) is 10.9 Å². The predicted octanol–water partition coefficient (Wildman–Crippen LogP) is 2.04. The zero-order valence-corrected chi connectivity index (χ0v) is 16.7. The minimum Gasteiger partial charge on any atom is -0.469 e. The topological polar surface area (TPSA) is 79.1 Å². The van der Waals surface area contributed by atoms with Gasteiger partial charge in [0, 0.05) is 59.3 Å². The Balaban J connectivity index is 1.82. The van der Waals surface area contributed by atoms with E-state index in [-0.39, 0.29) is 5.91 Å². The van der Waals surface area contributed by atoms with Crippen LogP contribution in [0.15, 0.2) is 27.8 Å². The monoisotopic (exact) mass is 378 g/mol. The van der Waals surface area contributed by atoms with Gasteiger partial charge in [0.1, 0.15) is 5.76 Å². The normalized spacial score (nSPS) is 15.8. The van der Waals surface area contributed by atoms with E-state index in [1.54, 1.807) is 13.3 Å². The second-order valence-electron chi connectivity index (χ2n) is 6.82. The number of carbonyl (C=O) groups excluding carboxylic acids is 1. The van der Waals surface area contributed by atoms with Crippen molar-refractivity contribution in [1.82, 2.24) is 15.5 Å². The maximum atomic E-state index is 11.6. The number of furan rings is 1. The standard InChI is InChI=1S/C20H34N4O3/c1-3-26-14-5-10-22-20(23-11-7-18-6-4-15-27-18)24-12-8-17(9-13-24)16-19(25)21-2/h4,6,15,17H,3,5,7-14,16H2,1-2H3,(H,21,25)(H,22,23). The summed E-state index contributed by atoms with van der Waals surface area (Å²) in [6, 6.07) is 3.90. The third-order valence-electron chi connectivity index (χ3n) is 4.81. The summed E-state index contributed by atoms with van der Waals surface area (Å²) in [4.78, 5) is 18.7. The van der Waals surface area contributed by atoms with Gasteiger partial charge in [-0.2, -0.15) is 0 Å². The van der Waals surface area contributed by atoms with Gasteiger partial charge in [-0.05, 0) is 44.2 Å². The van der Waals surface area contributed by atoms with E-state index < -0.39 is 0 Å². The molecule has 0 spiro atoms. The third kappa shape index (κ3) is 8.03. The summed E-state index contributed by atoms with van der Waals surface area (Å²) >= 11 is 0. The van der Waals surface area contributed by atoms with Crippen molar-refractivity contribution in [2.45, 2.75) is 39.0 Å². The van der Waals surface area contributed by atoms with E-state index in [1.807, 2.05) is 19.1 Å². The fourth-order valence-electron chi connectivity index (χ4n) is 3.23. The number of rotatable bonds is 10. The lowest BCUT2D eigenvalue weighted by Gasteiger charge is -2.34. The average Bonchev–Trinajstić information content (AvgIpc) is 3.20. The molecule has 1 amide bonds. The quantitative estimate of drug-likeness (QED) is 0.370. The lowest BCUT2D eigenvalue weighted by Crippen LogP contribution is -2.46. The summed E-state index contributed by atoms with van der Waals surface area (Å²) in [5, 5.41) is 6.20. The molecule has 1 aromatic heterocycles. The van der Waals surface area contributed by atoms with E-state index >= 15 is 0 Å². The van der Waals surface area contributed by atoms with Crippen LogP contribution in [0.5, 0.6) is 0 Å². The highest BCUT2D eigenvalue weighted by atomic mass is 16.5. The zero-order valence-electron chi connectivity index (χ0n) is 16.7. The van der Waals surface area contributed by atoms with E-state index in [0.29, 0.717) is 12.3 Å². The number of amides is 1. The number of ether oxygens (including phenoxy) is 1. The van der Waals surface area contributed by atoms with Gasteiger partial charge in [-0.25, -0.2) is 0 Å². The molecule has 0 unspecified atom stereocenters. The van der Waals surface area contributed by atoms with Crippen LogP contribution in [0, 0.1) is 5.92 Å². The average molecular weight is 379 g/mol. The highest BCUT2D eigenvalue weighted by molar-refractivity contribution is 5.80. The van der Waals surface area contributed by atoms with Crippen molar-refractivity contribution >= 4 is 11.9 Å². The van der Waals surface area contributed by atoms with Crippen molar-refractivity contribution in [3.8, 4) is 0 Å². The molecule has 2 rings (SSSR count). The SMILES string of the molecule is CCOCCCN=C(NCCc1ccco1)N1CCC(CC(=O)NC)CC1. The fourth-order valence-corrected chi connectivity index (χ4v) is 3.23. The maximum Gasteiger partial charge on any atom is 0.220 e. The molecule has 7 heteroatoms. The van der Waals surface area contributed by atoms with Gasteiger partial charge >= 0.3 is 0 Å². The Hall–Kier alpha value is -2.02. The van der Waals surface area contributed by atoms with Gasteiger partial charge in [0.2, 0.25) is 5.91 Å². The molecule has 1 fully saturated rings. The van der Waals surface area contributed by atoms with Crippen LogP contribution in [0.2, 0.25) is 0 Å². The van der Waals surface area contributed by atoms with Gasteiger partial charge in [-0.15, -0.1) is 0 Å². The molecule has 0 aliphatic carbocycles. The van der Waals surface area contributed by atoms with Crippen LogP contribution >= 0.6 is 0 Å². The van der Waals surface area contributed by atoms with Crippen molar-refractivity contribution < 1.29 is 13.9 Å². The first-order valence-corrected chi connectivity index (χ1v) is 10.1. The molecule has 0 saturated carbocycles. The van der Waals surface area contributed by atoms with Gasteiger partial charge < -0.3 is 24.7 Å². The van der Waals surface area contributed by atoms with E-state index in [9.17, 15) is 4.79 Å². The number of nitrogens with zero attached hydrogens (tertiary/aromatic N) is 2. The van der Waals surface area contributed by atoms with Crippen molar-refractivity contribution in [2.75, 3.05) is 46.4 Å². The second kappa shape index (κ2) is 12.4. The fraction of sp³-hybridized carbons (Fsp3) is 0.700. The van der Waals surface area contributed by atoms with Crippen molar-refractivity contribution in [3.63, 3.8) is 0 Å². The summed E-state index contributed by atoms with van der Waals surface area (Å²) in [7, 11) is 1.70. The third-order valence-corrected chi connectivity index (χ3v) is 4.81. The highest BCUT2D eigenvalue weighted by Crippen LogP contribution is 2.20. The summed E-state index contributed by atoms with van der Waals surface area (Å²) in [6.45, 7) is 6.90. The number of piperidine rings is 1. The lowest BCUT2D eigenvalue weighted by atomic mass is 9.93.